The first-order chi connectivity index (χ1) is 5.84. The first-order valence-electron chi connectivity index (χ1n) is 4.82. The van der Waals surface area contributed by atoms with Gasteiger partial charge in [0.2, 0.25) is 0 Å². The normalized spacial score (nSPS) is 12.2. The smallest absolute Gasteiger partial charge is 0.0948 e. The molecule has 1 rings (SSSR count). The molecule has 1 aromatic heterocycles. The molecular formula is C10H19IN2. The highest BCUT2D eigenvalue weighted by Crippen LogP contribution is 2.13. The fourth-order valence-electron chi connectivity index (χ4n) is 1.37. The molecule has 1 heterocycles. The van der Waals surface area contributed by atoms with Crippen LogP contribution in [0.2, 0.25) is 0 Å². The molecule has 0 aromatic carbocycles. The second-order valence-corrected chi connectivity index (χ2v) is 3.35. The van der Waals surface area contributed by atoms with Gasteiger partial charge in [0, 0.05) is 18.4 Å². The van der Waals surface area contributed by atoms with Crippen molar-refractivity contribution in [1.29, 1.82) is 0 Å². The summed E-state index contributed by atoms with van der Waals surface area (Å²) in [5.41, 5.74) is 0. The second-order valence-electron chi connectivity index (χ2n) is 3.35. The van der Waals surface area contributed by atoms with E-state index < -0.39 is 0 Å². The molecule has 1 aromatic rings. The Balaban J connectivity index is 0.00000144. The monoisotopic (exact) mass is 294 g/mol. The van der Waals surface area contributed by atoms with E-state index in [2.05, 4.69) is 23.4 Å². The number of unbranched alkanes of at least 4 members (excludes halogenated alkanes) is 2. The standard InChI is InChI=1S/C10H18N2.HI/c1-3-4-5-6-10(2)12-8-7-11-9-12;/h7-10H,3-6H2,1-2H3;1H. The summed E-state index contributed by atoms with van der Waals surface area (Å²) in [6.45, 7) is 4.49. The fraction of sp³-hybridized carbons (Fsp3) is 0.700. The molecule has 2 nitrogen and oxygen atoms in total. The van der Waals surface area contributed by atoms with Crippen LogP contribution in [0.5, 0.6) is 0 Å². The zero-order valence-corrected chi connectivity index (χ0v) is 10.8. The minimum atomic E-state index is 0. The van der Waals surface area contributed by atoms with Gasteiger partial charge in [-0.05, 0) is 13.3 Å². The van der Waals surface area contributed by atoms with E-state index in [1.807, 2.05) is 18.7 Å². The Morgan fingerprint density at radius 2 is 2.15 bits per heavy atom. The molecule has 0 spiro atoms. The van der Waals surface area contributed by atoms with Crippen LogP contribution < -0.4 is 0 Å². The van der Waals surface area contributed by atoms with Crippen LogP contribution >= 0.6 is 24.0 Å². The molecule has 76 valence electrons. The highest BCUT2D eigenvalue weighted by molar-refractivity contribution is 14.0. The summed E-state index contributed by atoms with van der Waals surface area (Å²) < 4.78 is 2.18. The highest BCUT2D eigenvalue weighted by Gasteiger charge is 2.01. The van der Waals surface area contributed by atoms with E-state index in [0.717, 1.165) is 0 Å². The van der Waals surface area contributed by atoms with Gasteiger partial charge in [0.15, 0.2) is 0 Å². The number of imidazole rings is 1. The lowest BCUT2D eigenvalue weighted by atomic mass is 10.1. The Bertz CT molecular complexity index is 197. The van der Waals surface area contributed by atoms with Crippen LogP contribution in [0.4, 0.5) is 0 Å². The first-order valence-corrected chi connectivity index (χ1v) is 4.82. The zero-order chi connectivity index (χ0) is 8.81. The third-order valence-corrected chi connectivity index (χ3v) is 2.26. The minimum Gasteiger partial charge on any atom is -0.335 e. The van der Waals surface area contributed by atoms with E-state index in [1.54, 1.807) is 0 Å². The molecule has 1 atom stereocenters. The maximum absolute atomic E-state index is 4.03. The van der Waals surface area contributed by atoms with Crippen molar-refractivity contribution in [1.82, 2.24) is 9.55 Å². The Kier molecular flexibility index (Phi) is 7.32. The minimum absolute atomic E-state index is 0. The van der Waals surface area contributed by atoms with E-state index in [1.165, 1.54) is 25.7 Å². The van der Waals surface area contributed by atoms with Crippen molar-refractivity contribution in [3.8, 4) is 0 Å². The molecule has 0 N–H and O–H groups in total. The molecule has 0 saturated carbocycles. The largest absolute Gasteiger partial charge is 0.335 e. The van der Waals surface area contributed by atoms with Crippen molar-refractivity contribution < 1.29 is 0 Å². The summed E-state index contributed by atoms with van der Waals surface area (Å²) in [6.07, 6.45) is 11.0. The second kappa shape index (κ2) is 7.35. The number of hydrogen-bond donors (Lipinski definition) is 0. The van der Waals surface area contributed by atoms with E-state index >= 15 is 0 Å². The van der Waals surface area contributed by atoms with Crippen LogP contribution in [0, 0.1) is 0 Å². The van der Waals surface area contributed by atoms with Crippen molar-refractivity contribution in [2.75, 3.05) is 0 Å². The number of rotatable bonds is 5. The molecule has 3 heteroatoms. The predicted molar refractivity (Wildman–Crippen MR) is 66.5 cm³/mol. The Morgan fingerprint density at radius 1 is 1.38 bits per heavy atom. The SMILES string of the molecule is CCCCCC(C)n1ccnc1.I. The zero-order valence-electron chi connectivity index (χ0n) is 8.44. The summed E-state index contributed by atoms with van der Waals surface area (Å²) in [5, 5.41) is 0. The van der Waals surface area contributed by atoms with E-state index in [4.69, 9.17) is 0 Å². The van der Waals surface area contributed by atoms with Crippen molar-refractivity contribution in [3.63, 3.8) is 0 Å². The van der Waals surface area contributed by atoms with Crippen molar-refractivity contribution in [3.05, 3.63) is 18.7 Å². The van der Waals surface area contributed by atoms with Gasteiger partial charge >= 0.3 is 0 Å². The molecule has 0 aliphatic carbocycles. The fourth-order valence-corrected chi connectivity index (χ4v) is 1.37. The summed E-state index contributed by atoms with van der Waals surface area (Å²) in [5.74, 6) is 0. The van der Waals surface area contributed by atoms with Gasteiger partial charge < -0.3 is 4.57 Å². The van der Waals surface area contributed by atoms with Gasteiger partial charge in [0.1, 0.15) is 0 Å². The van der Waals surface area contributed by atoms with E-state index in [0.29, 0.717) is 6.04 Å². The summed E-state index contributed by atoms with van der Waals surface area (Å²) in [6, 6.07) is 0.610. The topological polar surface area (TPSA) is 17.8 Å². The molecule has 0 radical (unpaired) electrons. The van der Waals surface area contributed by atoms with Gasteiger partial charge in [-0.15, -0.1) is 24.0 Å². The predicted octanol–water partition coefficient (Wildman–Crippen LogP) is 3.64. The third kappa shape index (κ3) is 4.64. The molecule has 0 aliphatic heterocycles. The molecular weight excluding hydrogens is 275 g/mol. The Labute approximate surface area is 97.8 Å². The third-order valence-electron chi connectivity index (χ3n) is 2.26. The van der Waals surface area contributed by atoms with Crippen LogP contribution in [0.3, 0.4) is 0 Å². The maximum Gasteiger partial charge on any atom is 0.0948 e. The van der Waals surface area contributed by atoms with Gasteiger partial charge in [-0.2, -0.15) is 0 Å². The van der Waals surface area contributed by atoms with Gasteiger partial charge in [-0.1, -0.05) is 26.2 Å². The first kappa shape index (κ1) is 12.9. The van der Waals surface area contributed by atoms with Crippen LogP contribution in [-0.2, 0) is 0 Å². The molecule has 1 unspecified atom stereocenters. The lowest BCUT2D eigenvalue weighted by Crippen LogP contribution is -2.01. The molecule has 0 fully saturated rings. The Morgan fingerprint density at radius 3 is 2.69 bits per heavy atom. The number of halogens is 1. The van der Waals surface area contributed by atoms with Gasteiger partial charge in [-0.25, -0.2) is 4.98 Å². The molecule has 0 aliphatic rings. The maximum atomic E-state index is 4.03. The van der Waals surface area contributed by atoms with E-state index in [-0.39, 0.29) is 24.0 Å². The number of nitrogens with zero attached hydrogens (tertiary/aromatic N) is 2. The molecule has 0 saturated heterocycles. The van der Waals surface area contributed by atoms with Crippen LogP contribution in [0.1, 0.15) is 45.6 Å². The van der Waals surface area contributed by atoms with Crippen molar-refractivity contribution in [2.45, 2.75) is 45.6 Å². The van der Waals surface area contributed by atoms with Gasteiger partial charge in [0.05, 0.1) is 6.33 Å². The van der Waals surface area contributed by atoms with Crippen LogP contribution in [0.25, 0.3) is 0 Å². The molecule has 13 heavy (non-hydrogen) atoms. The molecule has 0 amide bonds. The number of aromatic nitrogens is 2. The molecule has 0 bridgehead atoms. The number of hydrogen-bond acceptors (Lipinski definition) is 1. The van der Waals surface area contributed by atoms with Crippen LogP contribution in [0.15, 0.2) is 18.7 Å². The average molecular weight is 294 g/mol. The van der Waals surface area contributed by atoms with Gasteiger partial charge in [0.25, 0.3) is 0 Å². The highest BCUT2D eigenvalue weighted by atomic mass is 127. The summed E-state index contributed by atoms with van der Waals surface area (Å²) in [4.78, 5) is 4.03. The van der Waals surface area contributed by atoms with Gasteiger partial charge in [-0.3, -0.25) is 0 Å². The summed E-state index contributed by atoms with van der Waals surface area (Å²) >= 11 is 0. The lowest BCUT2D eigenvalue weighted by molar-refractivity contribution is 0.477. The lowest BCUT2D eigenvalue weighted by Gasteiger charge is -2.11. The van der Waals surface area contributed by atoms with Crippen molar-refractivity contribution in [2.24, 2.45) is 0 Å². The quantitative estimate of drug-likeness (QED) is 0.599. The van der Waals surface area contributed by atoms with Crippen LogP contribution in [-0.4, -0.2) is 9.55 Å². The Hall–Kier alpha value is -0.0600. The van der Waals surface area contributed by atoms with Crippen molar-refractivity contribution >= 4 is 24.0 Å². The summed E-state index contributed by atoms with van der Waals surface area (Å²) in [7, 11) is 0. The van der Waals surface area contributed by atoms with E-state index in [9.17, 15) is 0 Å². The average Bonchev–Trinajstić information content (AvgIpc) is 2.56.